The molecule has 0 atom stereocenters. The van der Waals surface area contributed by atoms with E-state index in [1.54, 1.807) is 7.11 Å². The van der Waals surface area contributed by atoms with Crippen molar-refractivity contribution < 1.29 is 9.53 Å². The fraction of sp³-hybridized carbons (Fsp3) is 0.870. The number of hydrogen-bond donors (Lipinski definition) is 1. The van der Waals surface area contributed by atoms with Gasteiger partial charge in [0, 0.05) is 38.9 Å². The number of nitrogens with zero attached hydrogens (tertiary/aromatic N) is 3. The molecule has 0 aliphatic carbocycles. The highest BCUT2D eigenvalue weighted by molar-refractivity contribution is 5.76. The molecule has 0 aromatic carbocycles. The Hall–Kier alpha value is -1.43. The Bertz CT molecular complexity index is 509. The van der Waals surface area contributed by atoms with E-state index in [1.807, 2.05) is 10.9 Å². The van der Waals surface area contributed by atoms with E-state index in [9.17, 15) is 4.79 Å². The van der Waals surface area contributed by atoms with E-state index >= 15 is 0 Å². The zero-order chi connectivity index (χ0) is 21.2. The fourth-order valence-electron chi connectivity index (χ4n) is 3.57. The molecular formula is C23H44N4O2. The van der Waals surface area contributed by atoms with Gasteiger partial charge in [-0.1, -0.05) is 64.0 Å². The van der Waals surface area contributed by atoms with Gasteiger partial charge in [0.25, 0.3) is 0 Å². The summed E-state index contributed by atoms with van der Waals surface area (Å²) in [4.78, 5) is 12.3. The van der Waals surface area contributed by atoms with Crippen LogP contribution < -0.4 is 5.32 Å². The zero-order valence-corrected chi connectivity index (χ0v) is 19.1. The molecule has 168 valence electrons. The molecular weight excluding hydrogens is 364 g/mol. The molecule has 0 aliphatic rings. The molecule has 0 unspecified atom stereocenters. The number of nitrogens with one attached hydrogen (secondary N) is 1. The first-order chi connectivity index (χ1) is 14.2. The Labute approximate surface area is 178 Å². The monoisotopic (exact) mass is 408 g/mol. The zero-order valence-electron chi connectivity index (χ0n) is 19.1. The molecule has 6 nitrogen and oxygen atoms in total. The highest BCUT2D eigenvalue weighted by Gasteiger charge is 2.11. The van der Waals surface area contributed by atoms with E-state index in [0.29, 0.717) is 12.5 Å². The summed E-state index contributed by atoms with van der Waals surface area (Å²) >= 11 is 0. The predicted octanol–water partition coefficient (Wildman–Crippen LogP) is 5.06. The molecule has 0 fully saturated rings. The molecule has 1 N–H and O–H groups in total. The molecule has 0 aliphatic heterocycles. The summed E-state index contributed by atoms with van der Waals surface area (Å²) in [5.41, 5.74) is 1.03. The number of amides is 1. The Morgan fingerprint density at radius 3 is 2.41 bits per heavy atom. The van der Waals surface area contributed by atoms with E-state index in [4.69, 9.17) is 4.74 Å². The molecule has 0 saturated heterocycles. The molecule has 0 saturated carbocycles. The van der Waals surface area contributed by atoms with E-state index in [-0.39, 0.29) is 5.91 Å². The second kappa shape index (κ2) is 17.4. The van der Waals surface area contributed by atoms with Crippen LogP contribution in [0.1, 0.15) is 103 Å². The standard InChI is InChI=1S/C23H44N4O2/c1-4-6-9-14-21(15-10-7-5-2)24-23(28)17-11-8-12-18-27-20-22(25-26-27)16-13-19-29-3/h20-21H,4-19H2,1-3H3,(H,24,28). The van der Waals surface area contributed by atoms with E-state index < -0.39 is 0 Å². The number of carbonyl (C=O) groups excluding carboxylic acids is 1. The minimum Gasteiger partial charge on any atom is -0.385 e. The Balaban J connectivity index is 2.17. The predicted molar refractivity (Wildman–Crippen MR) is 119 cm³/mol. The molecule has 0 spiro atoms. The van der Waals surface area contributed by atoms with Crippen molar-refractivity contribution in [3.05, 3.63) is 11.9 Å². The maximum absolute atomic E-state index is 12.3. The van der Waals surface area contributed by atoms with Crippen LogP contribution in [0.15, 0.2) is 6.20 Å². The normalized spacial score (nSPS) is 11.3. The number of ether oxygens (including phenoxy) is 1. The van der Waals surface area contributed by atoms with Crippen molar-refractivity contribution in [2.24, 2.45) is 0 Å². The number of methoxy groups -OCH3 is 1. The fourth-order valence-corrected chi connectivity index (χ4v) is 3.57. The van der Waals surface area contributed by atoms with Crippen molar-refractivity contribution in [1.29, 1.82) is 0 Å². The van der Waals surface area contributed by atoms with Crippen molar-refractivity contribution in [3.63, 3.8) is 0 Å². The van der Waals surface area contributed by atoms with Crippen LogP contribution >= 0.6 is 0 Å². The van der Waals surface area contributed by atoms with Gasteiger partial charge in [-0.15, -0.1) is 5.10 Å². The van der Waals surface area contributed by atoms with Gasteiger partial charge < -0.3 is 10.1 Å². The van der Waals surface area contributed by atoms with E-state index in [1.165, 1.54) is 38.5 Å². The SMILES string of the molecule is CCCCCC(CCCCC)NC(=O)CCCCCn1cc(CCCOC)nn1. The van der Waals surface area contributed by atoms with Gasteiger partial charge in [0.05, 0.1) is 5.69 Å². The van der Waals surface area contributed by atoms with Crippen LogP contribution in [0.2, 0.25) is 0 Å². The average molecular weight is 409 g/mol. The summed E-state index contributed by atoms with van der Waals surface area (Å²) in [5, 5.41) is 11.7. The Morgan fingerprint density at radius 1 is 1.03 bits per heavy atom. The van der Waals surface area contributed by atoms with Gasteiger partial charge in [0.2, 0.25) is 5.91 Å². The highest BCUT2D eigenvalue weighted by atomic mass is 16.5. The second-order valence-electron chi connectivity index (χ2n) is 8.14. The lowest BCUT2D eigenvalue weighted by molar-refractivity contribution is -0.122. The minimum absolute atomic E-state index is 0.226. The number of aromatic nitrogens is 3. The van der Waals surface area contributed by atoms with E-state index in [2.05, 4.69) is 29.5 Å². The molecule has 1 amide bonds. The molecule has 1 aromatic heterocycles. The third-order valence-corrected chi connectivity index (χ3v) is 5.34. The molecule has 1 heterocycles. The maximum atomic E-state index is 12.3. The van der Waals surface area contributed by atoms with Crippen molar-refractivity contribution in [3.8, 4) is 0 Å². The second-order valence-corrected chi connectivity index (χ2v) is 8.14. The number of hydrogen-bond acceptors (Lipinski definition) is 4. The number of aryl methyl sites for hydroxylation is 2. The molecule has 1 rings (SSSR count). The lowest BCUT2D eigenvalue weighted by Gasteiger charge is -2.18. The summed E-state index contributed by atoms with van der Waals surface area (Å²) in [6.45, 7) is 6.08. The van der Waals surface area contributed by atoms with Gasteiger partial charge in [-0.05, 0) is 38.5 Å². The van der Waals surface area contributed by atoms with E-state index in [0.717, 1.165) is 63.8 Å². The molecule has 1 aromatic rings. The van der Waals surface area contributed by atoms with Crippen LogP contribution in [-0.2, 0) is 22.5 Å². The van der Waals surface area contributed by atoms with Gasteiger partial charge in [-0.25, -0.2) is 0 Å². The molecule has 6 heteroatoms. The van der Waals surface area contributed by atoms with Crippen molar-refractivity contribution in [2.45, 2.75) is 116 Å². The quantitative estimate of drug-likeness (QED) is 0.325. The minimum atomic E-state index is 0.226. The Morgan fingerprint density at radius 2 is 1.76 bits per heavy atom. The van der Waals surface area contributed by atoms with Crippen LogP contribution in [-0.4, -0.2) is 40.7 Å². The topological polar surface area (TPSA) is 69.0 Å². The van der Waals surface area contributed by atoms with Gasteiger partial charge >= 0.3 is 0 Å². The summed E-state index contributed by atoms with van der Waals surface area (Å²) in [5.74, 6) is 0.226. The summed E-state index contributed by atoms with van der Waals surface area (Å²) in [7, 11) is 1.72. The van der Waals surface area contributed by atoms with Crippen molar-refractivity contribution in [2.75, 3.05) is 13.7 Å². The van der Waals surface area contributed by atoms with Crippen molar-refractivity contribution >= 4 is 5.91 Å². The van der Waals surface area contributed by atoms with Crippen LogP contribution in [0.3, 0.4) is 0 Å². The van der Waals surface area contributed by atoms with Gasteiger partial charge in [0.1, 0.15) is 0 Å². The molecule has 0 bridgehead atoms. The Kier molecular flexibility index (Phi) is 15.4. The summed E-state index contributed by atoms with van der Waals surface area (Å²) in [6.07, 6.45) is 17.2. The van der Waals surface area contributed by atoms with Gasteiger partial charge in [-0.3, -0.25) is 9.48 Å². The van der Waals surface area contributed by atoms with Crippen LogP contribution in [0.5, 0.6) is 0 Å². The summed E-state index contributed by atoms with van der Waals surface area (Å²) in [6, 6.07) is 0.368. The number of unbranched alkanes of at least 4 members (excludes halogenated alkanes) is 6. The smallest absolute Gasteiger partial charge is 0.220 e. The van der Waals surface area contributed by atoms with Gasteiger partial charge in [-0.2, -0.15) is 0 Å². The number of rotatable bonds is 19. The maximum Gasteiger partial charge on any atom is 0.220 e. The first-order valence-corrected chi connectivity index (χ1v) is 11.9. The van der Waals surface area contributed by atoms with Crippen LogP contribution in [0.4, 0.5) is 0 Å². The van der Waals surface area contributed by atoms with Gasteiger partial charge in [0.15, 0.2) is 0 Å². The lowest BCUT2D eigenvalue weighted by atomic mass is 10.0. The lowest BCUT2D eigenvalue weighted by Crippen LogP contribution is -2.34. The summed E-state index contributed by atoms with van der Waals surface area (Å²) < 4.78 is 6.98. The van der Waals surface area contributed by atoms with Crippen molar-refractivity contribution in [1.82, 2.24) is 20.3 Å². The number of carbonyl (C=O) groups is 1. The molecule has 0 radical (unpaired) electrons. The van der Waals surface area contributed by atoms with Crippen LogP contribution in [0.25, 0.3) is 0 Å². The first-order valence-electron chi connectivity index (χ1n) is 11.9. The highest BCUT2D eigenvalue weighted by Crippen LogP contribution is 2.12. The third-order valence-electron chi connectivity index (χ3n) is 5.34. The third kappa shape index (κ3) is 13.4. The largest absolute Gasteiger partial charge is 0.385 e. The first kappa shape index (κ1) is 25.6. The molecule has 29 heavy (non-hydrogen) atoms. The van der Waals surface area contributed by atoms with Crippen LogP contribution in [0, 0.1) is 0 Å². The average Bonchev–Trinajstić information content (AvgIpc) is 3.16.